The van der Waals surface area contributed by atoms with Crippen LogP contribution < -0.4 is 10.6 Å². The molecule has 128 valence electrons. The summed E-state index contributed by atoms with van der Waals surface area (Å²) in [5, 5.41) is 9.26. The molecule has 0 radical (unpaired) electrons. The van der Waals surface area contributed by atoms with E-state index in [9.17, 15) is 4.79 Å². The van der Waals surface area contributed by atoms with Crippen LogP contribution in [0.3, 0.4) is 0 Å². The number of nitrogens with zero attached hydrogens (tertiary/aromatic N) is 1. The Bertz CT molecular complexity index is 673. The maximum absolute atomic E-state index is 11.4. The summed E-state index contributed by atoms with van der Waals surface area (Å²) in [5.74, 6) is 0.0772. The van der Waals surface area contributed by atoms with Crippen molar-refractivity contribution in [3.05, 3.63) is 47.0 Å². The molecule has 0 aliphatic rings. The minimum Gasteiger partial charge on any atom is -0.466 e. The van der Waals surface area contributed by atoms with E-state index < -0.39 is 0 Å². The summed E-state index contributed by atoms with van der Waals surface area (Å²) in [7, 11) is 0. The molecule has 0 spiro atoms. The standard InChI is InChI=1S/C17H21N3O2S2/c1-3-22-15(21)9-14-11-24-17(19-14)20-16(23)18-10-12(2)13-7-5-4-6-8-13/h4-8,11-12H,3,9-10H2,1-2H3,(H2,18,19,20,23)/t12-/m1/s1. The van der Waals surface area contributed by atoms with Gasteiger partial charge in [0, 0.05) is 11.9 Å². The number of thiazole rings is 1. The molecule has 0 aliphatic heterocycles. The average Bonchev–Trinajstić information content (AvgIpc) is 3.00. The van der Waals surface area contributed by atoms with Gasteiger partial charge in [-0.2, -0.15) is 0 Å². The van der Waals surface area contributed by atoms with Crippen molar-refractivity contribution >= 4 is 39.8 Å². The van der Waals surface area contributed by atoms with Gasteiger partial charge in [0.2, 0.25) is 0 Å². The number of nitrogens with one attached hydrogen (secondary N) is 2. The SMILES string of the molecule is CCOC(=O)Cc1csc(NC(=S)NC[C@@H](C)c2ccccc2)n1. The summed E-state index contributed by atoms with van der Waals surface area (Å²) in [6.45, 7) is 5.04. The van der Waals surface area contributed by atoms with Gasteiger partial charge >= 0.3 is 5.97 Å². The number of thiocarbonyl (C=S) groups is 1. The lowest BCUT2D eigenvalue weighted by molar-refractivity contribution is -0.142. The van der Waals surface area contributed by atoms with Gasteiger partial charge in [-0.3, -0.25) is 4.79 Å². The molecule has 0 aliphatic carbocycles. The van der Waals surface area contributed by atoms with Crippen molar-refractivity contribution < 1.29 is 9.53 Å². The molecule has 1 aromatic heterocycles. The summed E-state index contributed by atoms with van der Waals surface area (Å²) in [4.78, 5) is 15.8. The Hall–Kier alpha value is -1.99. The van der Waals surface area contributed by atoms with E-state index in [4.69, 9.17) is 17.0 Å². The predicted octanol–water partition coefficient (Wildman–Crippen LogP) is 3.34. The van der Waals surface area contributed by atoms with Crippen LogP contribution in [0.2, 0.25) is 0 Å². The lowest BCUT2D eigenvalue weighted by Gasteiger charge is -2.14. The third-order valence-corrected chi connectivity index (χ3v) is 4.39. The number of carbonyl (C=O) groups excluding carboxylic acids is 1. The molecule has 0 saturated heterocycles. The molecule has 0 amide bonds. The molecule has 1 heterocycles. The van der Waals surface area contributed by atoms with Crippen molar-refractivity contribution in [3.8, 4) is 0 Å². The summed E-state index contributed by atoms with van der Waals surface area (Å²) in [5.41, 5.74) is 1.94. The van der Waals surface area contributed by atoms with Crippen LogP contribution in [0.1, 0.15) is 31.0 Å². The van der Waals surface area contributed by atoms with Crippen molar-refractivity contribution in [2.75, 3.05) is 18.5 Å². The van der Waals surface area contributed by atoms with Gasteiger partial charge in [0.15, 0.2) is 10.2 Å². The van der Waals surface area contributed by atoms with Crippen LogP contribution in [0.4, 0.5) is 5.13 Å². The fourth-order valence-electron chi connectivity index (χ4n) is 2.09. The highest BCUT2D eigenvalue weighted by Gasteiger charge is 2.10. The third kappa shape index (κ3) is 5.90. The zero-order valence-electron chi connectivity index (χ0n) is 13.7. The van der Waals surface area contributed by atoms with E-state index in [1.54, 1.807) is 6.92 Å². The Kier molecular flexibility index (Phi) is 7.14. The van der Waals surface area contributed by atoms with E-state index >= 15 is 0 Å². The first-order chi connectivity index (χ1) is 11.6. The molecule has 0 fully saturated rings. The number of benzene rings is 1. The number of hydrogen-bond acceptors (Lipinski definition) is 5. The summed E-state index contributed by atoms with van der Waals surface area (Å²) in [6, 6.07) is 10.3. The van der Waals surface area contributed by atoms with Crippen LogP contribution in [-0.2, 0) is 16.0 Å². The minimum absolute atomic E-state index is 0.178. The number of anilines is 1. The molecule has 7 heteroatoms. The van der Waals surface area contributed by atoms with Crippen LogP contribution in [-0.4, -0.2) is 29.2 Å². The quantitative estimate of drug-likeness (QED) is 0.581. The Morgan fingerprint density at radius 3 is 2.83 bits per heavy atom. The van der Waals surface area contributed by atoms with Crippen molar-refractivity contribution in [1.82, 2.24) is 10.3 Å². The molecule has 0 unspecified atom stereocenters. The summed E-state index contributed by atoms with van der Waals surface area (Å²) >= 11 is 6.71. The zero-order chi connectivity index (χ0) is 17.4. The second-order valence-corrected chi connectivity index (χ2v) is 6.54. The molecule has 0 saturated carbocycles. The molecule has 1 atom stereocenters. The van der Waals surface area contributed by atoms with Crippen LogP contribution >= 0.6 is 23.6 Å². The molecular formula is C17H21N3O2S2. The van der Waals surface area contributed by atoms with Gasteiger partial charge in [-0.1, -0.05) is 37.3 Å². The molecule has 5 nitrogen and oxygen atoms in total. The van der Waals surface area contributed by atoms with Gasteiger partial charge in [-0.15, -0.1) is 11.3 Å². The maximum atomic E-state index is 11.4. The van der Waals surface area contributed by atoms with Gasteiger partial charge in [-0.05, 0) is 30.6 Å². The molecule has 24 heavy (non-hydrogen) atoms. The van der Waals surface area contributed by atoms with Crippen LogP contribution in [0.5, 0.6) is 0 Å². The van der Waals surface area contributed by atoms with Crippen molar-refractivity contribution in [2.45, 2.75) is 26.2 Å². The topological polar surface area (TPSA) is 63.2 Å². The molecule has 0 bridgehead atoms. The van der Waals surface area contributed by atoms with Gasteiger partial charge in [0.1, 0.15) is 0 Å². The van der Waals surface area contributed by atoms with Gasteiger partial charge < -0.3 is 15.4 Å². The number of carbonyl (C=O) groups is 1. The van der Waals surface area contributed by atoms with E-state index in [1.807, 2.05) is 23.6 Å². The van der Waals surface area contributed by atoms with Gasteiger partial charge in [-0.25, -0.2) is 4.98 Å². The fraction of sp³-hybridized carbons (Fsp3) is 0.353. The first kappa shape index (κ1) is 18.4. The lowest BCUT2D eigenvalue weighted by Crippen LogP contribution is -2.31. The smallest absolute Gasteiger partial charge is 0.311 e. The second kappa shape index (κ2) is 9.34. The number of aromatic nitrogens is 1. The normalized spacial score (nSPS) is 11.6. The summed E-state index contributed by atoms with van der Waals surface area (Å²) in [6.07, 6.45) is 0.178. The van der Waals surface area contributed by atoms with Crippen molar-refractivity contribution in [2.24, 2.45) is 0 Å². The number of rotatable bonds is 7. The molecule has 2 N–H and O–H groups in total. The first-order valence-electron chi connectivity index (χ1n) is 7.78. The van der Waals surface area contributed by atoms with Crippen LogP contribution in [0, 0.1) is 0 Å². The summed E-state index contributed by atoms with van der Waals surface area (Å²) < 4.78 is 4.91. The zero-order valence-corrected chi connectivity index (χ0v) is 15.4. The van der Waals surface area contributed by atoms with E-state index in [0.29, 0.717) is 28.5 Å². The van der Waals surface area contributed by atoms with Gasteiger partial charge in [0.05, 0.1) is 18.7 Å². The van der Waals surface area contributed by atoms with Crippen molar-refractivity contribution in [1.29, 1.82) is 0 Å². The maximum Gasteiger partial charge on any atom is 0.311 e. The highest BCUT2D eigenvalue weighted by atomic mass is 32.1. The largest absolute Gasteiger partial charge is 0.466 e. The number of hydrogen-bond donors (Lipinski definition) is 2. The van der Waals surface area contributed by atoms with Crippen molar-refractivity contribution in [3.63, 3.8) is 0 Å². The van der Waals surface area contributed by atoms with Gasteiger partial charge in [0.25, 0.3) is 0 Å². The molecular weight excluding hydrogens is 342 g/mol. The molecule has 2 aromatic rings. The Morgan fingerprint density at radius 2 is 2.12 bits per heavy atom. The Labute approximate surface area is 151 Å². The second-order valence-electron chi connectivity index (χ2n) is 5.27. The van der Waals surface area contributed by atoms with E-state index in [2.05, 4.69) is 34.7 Å². The Morgan fingerprint density at radius 1 is 1.38 bits per heavy atom. The minimum atomic E-state index is -0.272. The average molecular weight is 364 g/mol. The third-order valence-electron chi connectivity index (χ3n) is 3.34. The van der Waals surface area contributed by atoms with E-state index in [1.165, 1.54) is 16.9 Å². The highest BCUT2D eigenvalue weighted by Crippen LogP contribution is 2.16. The predicted molar refractivity (Wildman–Crippen MR) is 102 cm³/mol. The molecule has 1 aromatic carbocycles. The fourth-order valence-corrected chi connectivity index (χ4v) is 3.05. The highest BCUT2D eigenvalue weighted by molar-refractivity contribution is 7.80. The van der Waals surface area contributed by atoms with Crippen LogP contribution in [0.25, 0.3) is 0 Å². The number of ether oxygens (including phenoxy) is 1. The molecule has 2 rings (SSSR count). The Balaban J connectivity index is 1.78. The number of esters is 1. The lowest BCUT2D eigenvalue weighted by atomic mass is 10.0. The monoisotopic (exact) mass is 363 g/mol. The van der Waals surface area contributed by atoms with E-state index in [-0.39, 0.29) is 12.4 Å². The van der Waals surface area contributed by atoms with E-state index in [0.717, 1.165) is 6.54 Å². The van der Waals surface area contributed by atoms with Crippen LogP contribution in [0.15, 0.2) is 35.7 Å². The first-order valence-corrected chi connectivity index (χ1v) is 9.07.